The fraction of sp³-hybridized carbons (Fsp3) is 0.606. The van der Waals surface area contributed by atoms with Gasteiger partial charge in [0.15, 0.2) is 0 Å². The number of aryl methyl sites for hydroxylation is 1. The minimum absolute atomic E-state index is 0.0914. The lowest BCUT2D eigenvalue weighted by Crippen LogP contribution is -2.43. The topological polar surface area (TPSA) is 87.2 Å². The van der Waals surface area contributed by atoms with Gasteiger partial charge in [-0.1, -0.05) is 12.1 Å². The Morgan fingerprint density at radius 3 is 2.35 bits per heavy atom. The van der Waals surface area contributed by atoms with Crippen molar-refractivity contribution in [2.24, 2.45) is 5.92 Å². The van der Waals surface area contributed by atoms with E-state index in [1.54, 1.807) is 17.0 Å². The van der Waals surface area contributed by atoms with Gasteiger partial charge in [0.2, 0.25) is 0 Å². The zero-order valence-electron chi connectivity index (χ0n) is 27.4. The minimum Gasteiger partial charge on any atom is -0.444 e. The Labute approximate surface area is 256 Å². The molecule has 2 heterocycles. The monoisotopic (exact) mass is 599 g/mol. The summed E-state index contributed by atoms with van der Waals surface area (Å²) in [5, 5.41) is 2.76. The molecule has 2 aromatic rings. The molecule has 1 aromatic carbocycles. The number of carbonyl (C=O) groups is 2. The van der Waals surface area contributed by atoms with Crippen molar-refractivity contribution in [1.29, 1.82) is 0 Å². The second-order valence-corrected chi connectivity index (χ2v) is 13.7. The van der Waals surface area contributed by atoms with Crippen LogP contribution in [0.5, 0.6) is 0 Å². The number of ether oxygens (including phenoxy) is 2. The Bertz CT molecular complexity index is 1240. The third-order valence-corrected chi connectivity index (χ3v) is 7.25. The molecule has 10 heteroatoms. The van der Waals surface area contributed by atoms with E-state index in [9.17, 15) is 14.0 Å². The lowest BCUT2D eigenvalue weighted by Gasteiger charge is -2.30. The molecular formula is C33H50FN5O4. The predicted molar refractivity (Wildman–Crippen MR) is 168 cm³/mol. The standard InChI is InChI=1S/C33H50FN5O4/c1-23-17-27(35-29(18-23)36-30(40)42-32(2,3)4)20-25-21-39(31(41)43-33(5,6)7)22-28(25)38(9)16-15-37(8)14-13-24-11-10-12-26(34)19-24/h10-12,17-19,25,28H,13-16,20-22H2,1-9H3,(H,35,36,40)/t25-,28+/m0/s1. The van der Waals surface area contributed by atoms with E-state index >= 15 is 0 Å². The van der Waals surface area contributed by atoms with Gasteiger partial charge in [0.1, 0.15) is 22.8 Å². The molecule has 238 valence electrons. The highest BCUT2D eigenvalue weighted by molar-refractivity contribution is 5.83. The quantitative estimate of drug-likeness (QED) is 0.372. The number of nitrogens with zero attached hydrogens (tertiary/aromatic N) is 4. The van der Waals surface area contributed by atoms with Gasteiger partial charge in [-0.3, -0.25) is 5.32 Å². The van der Waals surface area contributed by atoms with Crippen molar-refractivity contribution in [3.8, 4) is 0 Å². The van der Waals surface area contributed by atoms with Crippen molar-refractivity contribution in [3.05, 3.63) is 59.0 Å². The number of hydrogen-bond donors (Lipinski definition) is 1. The van der Waals surface area contributed by atoms with Crippen LogP contribution in [0.4, 0.5) is 19.8 Å². The number of benzene rings is 1. The summed E-state index contributed by atoms with van der Waals surface area (Å²) in [5.74, 6) is 0.340. The zero-order valence-corrected chi connectivity index (χ0v) is 27.4. The fourth-order valence-electron chi connectivity index (χ4n) is 5.23. The average molecular weight is 600 g/mol. The molecule has 1 saturated heterocycles. The predicted octanol–water partition coefficient (Wildman–Crippen LogP) is 5.76. The first-order valence-electron chi connectivity index (χ1n) is 15.1. The first-order valence-corrected chi connectivity index (χ1v) is 15.1. The van der Waals surface area contributed by atoms with Gasteiger partial charge in [-0.2, -0.15) is 0 Å². The second-order valence-electron chi connectivity index (χ2n) is 13.7. The number of aromatic nitrogens is 1. The van der Waals surface area contributed by atoms with Crippen LogP contribution in [0, 0.1) is 18.7 Å². The normalized spacial score (nSPS) is 17.4. The molecule has 0 saturated carbocycles. The molecule has 1 aromatic heterocycles. The zero-order chi connectivity index (χ0) is 31.9. The molecular weight excluding hydrogens is 549 g/mol. The highest BCUT2D eigenvalue weighted by Gasteiger charge is 2.39. The lowest BCUT2D eigenvalue weighted by molar-refractivity contribution is 0.0279. The summed E-state index contributed by atoms with van der Waals surface area (Å²) in [4.78, 5) is 36.5. The number of anilines is 1. The van der Waals surface area contributed by atoms with E-state index in [0.717, 1.165) is 42.9 Å². The van der Waals surface area contributed by atoms with Crippen LogP contribution in [0.1, 0.15) is 58.4 Å². The number of amides is 2. The summed E-state index contributed by atoms with van der Waals surface area (Å²) in [7, 11) is 4.16. The van der Waals surface area contributed by atoms with Crippen molar-refractivity contribution < 1.29 is 23.5 Å². The van der Waals surface area contributed by atoms with Crippen molar-refractivity contribution >= 4 is 18.0 Å². The fourth-order valence-corrected chi connectivity index (χ4v) is 5.23. The average Bonchev–Trinajstić information content (AvgIpc) is 3.27. The number of halogens is 1. The molecule has 0 bridgehead atoms. The van der Waals surface area contributed by atoms with Crippen LogP contribution in [-0.4, -0.2) is 95.9 Å². The number of likely N-dealkylation sites (N-methyl/N-ethyl adjacent to an activating group) is 2. The number of hydrogen-bond acceptors (Lipinski definition) is 7. The maximum absolute atomic E-state index is 13.6. The van der Waals surface area contributed by atoms with E-state index in [1.165, 1.54) is 6.07 Å². The molecule has 9 nitrogen and oxygen atoms in total. The van der Waals surface area contributed by atoms with Crippen LogP contribution in [0.15, 0.2) is 36.4 Å². The second kappa shape index (κ2) is 14.5. The largest absolute Gasteiger partial charge is 0.444 e. The van der Waals surface area contributed by atoms with Gasteiger partial charge in [-0.05, 0) is 117 Å². The van der Waals surface area contributed by atoms with Crippen LogP contribution in [-0.2, 0) is 22.3 Å². The van der Waals surface area contributed by atoms with Crippen LogP contribution in [0.2, 0.25) is 0 Å². The van der Waals surface area contributed by atoms with E-state index in [-0.39, 0.29) is 23.9 Å². The van der Waals surface area contributed by atoms with Crippen molar-refractivity contribution in [2.75, 3.05) is 52.1 Å². The van der Waals surface area contributed by atoms with Crippen LogP contribution >= 0.6 is 0 Å². The van der Waals surface area contributed by atoms with Gasteiger partial charge in [0, 0.05) is 44.5 Å². The maximum Gasteiger partial charge on any atom is 0.413 e. The molecule has 0 radical (unpaired) electrons. The van der Waals surface area contributed by atoms with E-state index in [1.807, 2.05) is 66.7 Å². The Kier molecular flexibility index (Phi) is 11.5. The molecule has 1 aliphatic rings. The van der Waals surface area contributed by atoms with Gasteiger partial charge >= 0.3 is 12.2 Å². The number of nitrogens with one attached hydrogen (secondary N) is 1. The summed E-state index contributed by atoms with van der Waals surface area (Å²) < 4.78 is 24.7. The molecule has 0 unspecified atom stereocenters. The summed E-state index contributed by atoms with van der Waals surface area (Å²) in [5.41, 5.74) is 1.60. The van der Waals surface area contributed by atoms with Gasteiger partial charge in [-0.25, -0.2) is 19.0 Å². The number of pyridine rings is 1. The smallest absolute Gasteiger partial charge is 0.413 e. The third-order valence-electron chi connectivity index (χ3n) is 7.25. The van der Waals surface area contributed by atoms with Crippen LogP contribution in [0.3, 0.4) is 0 Å². The molecule has 3 rings (SSSR count). The Hall–Kier alpha value is -3.24. The molecule has 0 aliphatic carbocycles. The van der Waals surface area contributed by atoms with Crippen LogP contribution in [0.25, 0.3) is 0 Å². The van der Waals surface area contributed by atoms with Crippen molar-refractivity contribution in [1.82, 2.24) is 19.7 Å². The molecule has 1 aliphatic heterocycles. The number of rotatable bonds is 10. The lowest BCUT2D eigenvalue weighted by atomic mass is 9.96. The van der Waals surface area contributed by atoms with Gasteiger partial charge in [-0.15, -0.1) is 0 Å². The Balaban J connectivity index is 1.69. The maximum atomic E-state index is 13.6. The summed E-state index contributed by atoms with van der Waals surface area (Å²) in [6.07, 6.45) is 0.543. The summed E-state index contributed by atoms with van der Waals surface area (Å²) >= 11 is 0. The van der Waals surface area contributed by atoms with E-state index < -0.39 is 17.3 Å². The Morgan fingerprint density at radius 2 is 1.70 bits per heavy atom. The molecule has 1 N–H and O–H groups in total. The number of likely N-dealkylation sites (tertiary alicyclic amines) is 1. The summed E-state index contributed by atoms with van der Waals surface area (Å²) in [6, 6.07) is 10.7. The van der Waals surface area contributed by atoms with E-state index in [2.05, 4.69) is 29.2 Å². The highest BCUT2D eigenvalue weighted by atomic mass is 19.1. The van der Waals surface area contributed by atoms with Crippen molar-refractivity contribution in [2.45, 2.75) is 78.6 Å². The molecule has 2 atom stereocenters. The first-order chi connectivity index (χ1) is 20.0. The SMILES string of the molecule is Cc1cc(C[C@H]2CN(C(=O)OC(C)(C)C)C[C@H]2N(C)CCN(C)CCc2cccc(F)c2)nc(NC(=O)OC(C)(C)C)c1. The Morgan fingerprint density at radius 1 is 1.00 bits per heavy atom. The third kappa shape index (κ3) is 11.8. The summed E-state index contributed by atoms with van der Waals surface area (Å²) in [6.45, 7) is 16.6. The number of carbonyl (C=O) groups excluding carboxylic acids is 2. The molecule has 0 spiro atoms. The van der Waals surface area contributed by atoms with E-state index in [4.69, 9.17) is 14.5 Å². The highest BCUT2D eigenvalue weighted by Crippen LogP contribution is 2.27. The van der Waals surface area contributed by atoms with Crippen LogP contribution < -0.4 is 5.32 Å². The molecule has 1 fully saturated rings. The van der Waals surface area contributed by atoms with Gasteiger partial charge in [0.25, 0.3) is 0 Å². The molecule has 43 heavy (non-hydrogen) atoms. The van der Waals surface area contributed by atoms with Crippen molar-refractivity contribution in [3.63, 3.8) is 0 Å². The minimum atomic E-state index is -0.614. The van der Waals surface area contributed by atoms with Gasteiger partial charge in [0.05, 0.1) is 0 Å². The molecule has 2 amide bonds. The first kappa shape index (κ1) is 34.3. The van der Waals surface area contributed by atoms with Gasteiger partial charge < -0.3 is 24.2 Å². The van der Waals surface area contributed by atoms with E-state index in [0.29, 0.717) is 25.3 Å².